The van der Waals surface area contributed by atoms with Gasteiger partial charge in [-0.25, -0.2) is 0 Å². The van der Waals surface area contributed by atoms with Crippen molar-refractivity contribution in [1.29, 1.82) is 0 Å². The van der Waals surface area contributed by atoms with Crippen molar-refractivity contribution in [3.8, 4) is 0 Å². The summed E-state index contributed by atoms with van der Waals surface area (Å²) in [4.78, 5) is 0. The van der Waals surface area contributed by atoms with Gasteiger partial charge in [-0.05, 0) is 47.5 Å². The van der Waals surface area contributed by atoms with Crippen LogP contribution in [0.4, 0.5) is 0 Å². The van der Waals surface area contributed by atoms with Gasteiger partial charge in [-0.3, -0.25) is 4.68 Å². The highest BCUT2D eigenvalue weighted by atomic mass is 79.9. The number of hydrogen-bond acceptors (Lipinski definition) is 3. The summed E-state index contributed by atoms with van der Waals surface area (Å²) in [6.07, 6.45) is 6.19. The molecule has 1 unspecified atom stereocenters. The topological polar surface area (TPSA) is 53.1 Å². The number of rotatable bonds is 3. The third kappa shape index (κ3) is 2.36. The van der Waals surface area contributed by atoms with Crippen molar-refractivity contribution in [2.45, 2.75) is 44.2 Å². The maximum atomic E-state index is 6.49. The van der Waals surface area contributed by atoms with Gasteiger partial charge in [0.25, 0.3) is 0 Å². The molecule has 4 nitrogen and oxygen atoms in total. The molecular weight excluding hydrogens is 294 g/mol. The number of methoxy groups -OCH3 is 1. The second-order valence-corrected chi connectivity index (χ2v) is 6.28. The van der Waals surface area contributed by atoms with Crippen molar-refractivity contribution < 1.29 is 4.74 Å². The number of halogens is 1. The molecule has 2 N–H and O–H groups in total. The first-order valence-corrected chi connectivity index (χ1v) is 7.27. The minimum Gasteiger partial charge on any atom is -0.376 e. The summed E-state index contributed by atoms with van der Waals surface area (Å²) in [6.45, 7) is 2.30. The van der Waals surface area contributed by atoms with Crippen LogP contribution in [0.1, 0.15) is 44.3 Å². The van der Waals surface area contributed by atoms with Gasteiger partial charge in [0.05, 0.1) is 28.0 Å². The molecule has 1 atom stereocenters. The Bertz CT molecular complexity index is 391. The second-order valence-electron chi connectivity index (χ2n) is 5.43. The molecule has 1 aliphatic rings. The first-order chi connectivity index (χ1) is 8.50. The normalized spacial score (nSPS) is 30.4. The van der Waals surface area contributed by atoms with Gasteiger partial charge in [0.2, 0.25) is 0 Å². The third-order valence-electron chi connectivity index (χ3n) is 4.33. The molecule has 1 heterocycles. The zero-order valence-electron chi connectivity index (χ0n) is 11.3. The monoisotopic (exact) mass is 315 g/mol. The molecule has 1 aliphatic carbocycles. The fraction of sp³-hybridized carbons (Fsp3) is 0.769. The highest BCUT2D eigenvalue weighted by molar-refractivity contribution is 9.10. The summed E-state index contributed by atoms with van der Waals surface area (Å²) in [5.41, 5.74) is 7.26. The summed E-state index contributed by atoms with van der Waals surface area (Å²) < 4.78 is 8.64. The van der Waals surface area contributed by atoms with E-state index in [1.54, 1.807) is 13.3 Å². The lowest BCUT2D eigenvalue weighted by atomic mass is 9.74. The van der Waals surface area contributed by atoms with Gasteiger partial charge >= 0.3 is 0 Å². The molecule has 2 rings (SSSR count). The fourth-order valence-corrected chi connectivity index (χ4v) is 3.51. The second kappa shape index (κ2) is 5.31. The summed E-state index contributed by atoms with van der Waals surface area (Å²) in [6, 6.07) is -0.142. The van der Waals surface area contributed by atoms with Crippen LogP contribution in [0.3, 0.4) is 0 Å². The number of aromatic nitrogens is 2. The van der Waals surface area contributed by atoms with Crippen molar-refractivity contribution in [1.82, 2.24) is 9.78 Å². The van der Waals surface area contributed by atoms with Crippen LogP contribution in [-0.2, 0) is 11.8 Å². The molecule has 0 aliphatic heterocycles. The molecule has 0 aromatic carbocycles. The Labute approximate surface area is 117 Å². The number of nitrogens with two attached hydrogens (primary N) is 1. The van der Waals surface area contributed by atoms with Gasteiger partial charge in [0, 0.05) is 14.2 Å². The summed E-state index contributed by atoms with van der Waals surface area (Å²) >= 11 is 3.53. The number of nitrogens with zero attached hydrogens (tertiary/aromatic N) is 2. The van der Waals surface area contributed by atoms with E-state index < -0.39 is 0 Å². The van der Waals surface area contributed by atoms with E-state index in [9.17, 15) is 0 Å². The Hall–Kier alpha value is -0.390. The average molecular weight is 316 g/mol. The van der Waals surface area contributed by atoms with Crippen LogP contribution in [0.25, 0.3) is 0 Å². The van der Waals surface area contributed by atoms with E-state index in [-0.39, 0.29) is 11.6 Å². The predicted octanol–water partition coefficient (Wildman–Crippen LogP) is 2.78. The molecule has 0 amide bonds. The molecule has 18 heavy (non-hydrogen) atoms. The van der Waals surface area contributed by atoms with E-state index >= 15 is 0 Å². The maximum absolute atomic E-state index is 6.49. The molecule has 0 bridgehead atoms. The molecule has 0 spiro atoms. The standard InChI is InChI=1S/C13H22BrN3O/c1-9-4-6-13(18-3,7-5-9)12(15)11-10(14)8-16-17(11)2/h8-9,12H,4-7,15H2,1-3H3. The number of ether oxygens (including phenoxy) is 1. The fourth-order valence-electron chi connectivity index (χ4n) is 2.91. The van der Waals surface area contributed by atoms with Crippen LogP contribution in [0, 0.1) is 5.92 Å². The minimum absolute atomic E-state index is 0.142. The van der Waals surface area contributed by atoms with Crippen molar-refractivity contribution in [3.05, 3.63) is 16.4 Å². The van der Waals surface area contributed by atoms with E-state index in [0.717, 1.165) is 28.9 Å². The van der Waals surface area contributed by atoms with Crippen molar-refractivity contribution in [2.75, 3.05) is 7.11 Å². The summed E-state index contributed by atoms with van der Waals surface area (Å²) in [5, 5.41) is 4.25. The quantitative estimate of drug-likeness (QED) is 0.933. The first-order valence-electron chi connectivity index (χ1n) is 6.48. The smallest absolute Gasteiger partial charge is 0.0886 e. The lowest BCUT2D eigenvalue weighted by Gasteiger charge is -2.42. The van der Waals surface area contributed by atoms with Gasteiger partial charge in [0.1, 0.15) is 0 Å². The van der Waals surface area contributed by atoms with Crippen molar-refractivity contribution >= 4 is 15.9 Å². The first kappa shape index (κ1) is 14.0. The lowest BCUT2D eigenvalue weighted by molar-refractivity contribution is -0.0688. The van der Waals surface area contributed by atoms with Crippen LogP contribution in [0.2, 0.25) is 0 Å². The Morgan fingerprint density at radius 3 is 2.61 bits per heavy atom. The van der Waals surface area contributed by atoms with Crippen LogP contribution in [0.15, 0.2) is 10.7 Å². The largest absolute Gasteiger partial charge is 0.376 e. The average Bonchev–Trinajstić information content (AvgIpc) is 2.70. The van der Waals surface area contributed by atoms with E-state index in [1.807, 2.05) is 11.7 Å². The Morgan fingerprint density at radius 1 is 1.56 bits per heavy atom. The molecule has 5 heteroatoms. The lowest BCUT2D eigenvalue weighted by Crippen LogP contribution is -2.46. The zero-order chi connectivity index (χ0) is 13.3. The van der Waals surface area contributed by atoms with E-state index in [1.165, 1.54) is 12.8 Å². The minimum atomic E-state index is -0.247. The maximum Gasteiger partial charge on any atom is 0.0886 e. The Morgan fingerprint density at radius 2 is 2.17 bits per heavy atom. The van der Waals surface area contributed by atoms with Crippen molar-refractivity contribution in [3.63, 3.8) is 0 Å². The molecular formula is C13H22BrN3O. The highest BCUT2D eigenvalue weighted by Crippen LogP contribution is 2.42. The third-order valence-corrected chi connectivity index (χ3v) is 4.94. The van der Waals surface area contributed by atoms with Crippen molar-refractivity contribution in [2.24, 2.45) is 18.7 Å². The van der Waals surface area contributed by atoms with Gasteiger partial charge in [-0.1, -0.05) is 6.92 Å². The Balaban J connectivity index is 2.28. The van der Waals surface area contributed by atoms with Gasteiger partial charge in [-0.15, -0.1) is 0 Å². The molecule has 102 valence electrons. The molecule has 0 radical (unpaired) electrons. The Kier molecular flexibility index (Phi) is 4.14. The number of hydrogen-bond donors (Lipinski definition) is 1. The van der Waals surface area contributed by atoms with Gasteiger partial charge < -0.3 is 10.5 Å². The molecule has 1 aromatic heterocycles. The van der Waals surface area contributed by atoms with Gasteiger partial charge in [0.15, 0.2) is 0 Å². The molecule has 1 saturated carbocycles. The zero-order valence-corrected chi connectivity index (χ0v) is 12.9. The molecule has 0 saturated heterocycles. The van der Waals surface area contributed by atoms with Crippen LogP contribution in [-0.4, -0.2) is 22.5 Å². The van der Waals surface area contributed by atoms with Crippen LogP contribution >= 0.6 is 15.9 Å². The van der Waals surface area contributed by atoms with Crippen LogP contribution in [0.5, 0.6) is 0 Å². The molecule has 1 aromatic rings. The SMILES string of the molecule is COC1(C(N)c2c(Br)cnn2C)CCC(C)CC1. The van der Waals surface area contributed by atoms with Gasteiger partial charge in [-0.2, -0.15) is 5.10 Å². The van der Waals surface area contributed by atoms with Crippen LogP contribution < -0.4 is 5.73 Å². The van der Waals surface area contributed by atoms with E-state index in [2.05, 4.69) is 28.0 Å². The van der Waals surface area contributed by atoms with E-state index in [0.29, 0.717) is 0 Å². The summed E-state index contributed by atoms with van der Waals surface area (Å²) in [5.74, 6) is 0.774. The molecule has 1 fully saturated rings. The highest BCUT2D eigenvalue weighted by Gasteiger charge is 2.42. The van der Waals surface area contributed by atoms with E-state index in [4.69, 9.17) is 10.5 Å². The number of aryl methyl sites for hydroxylation is 1. The summed E-state index contributed by atoms with van der Waals surface area (Å²) in [7, 11) is 3.70. The predicted molar refractivity (Wildman–Crippen MR) is 75.2 cm³/mol.